The number of carboxylic acid groups (broad SMARTS) is 1. The highest BCUT2D eigenvalue weighted by Gasteiger charge is 2.49. The van der Waals surface area contributed by atoms with E-state index in [2.05, 4.69) is 0 Å². The summed E-state index contributed by atoms with van der Waals surface area (Å²) in [5.41, 5.74) is -1.49. The first-order chi connectivity index (χ1) is 6.88. The first kappa shape index (κ1) is 12.0. The number of aliphatic carboxylic acids is 1. The third-order valence-electron chi connectivity index (χ3n) is 3.00. The number of rotatable bonds is 3. The maximum absolute atomic E-state index is 11.5. The zero-order chi connectivity index (χ0) is 11.7. The Balaban J connectivity index is 2.93. The van der Waals surface area contributed by atoms with Gasteiger partial charge in [-0.1, -0.05) is 6.92 Å². The zero-order valence-corrected chi connectivity index (χ0v) is 9.25. The number of hydrogen-bond donors (Lipinski definition) is 1. The van der Waals surface area contributed by atoms with Crippen molar-refractivity contribution >= 4 is 15.8 Å². The van der Waals surface area contributed by atoms with E-state index in [1.54, 1.807) is 6.07 Å². The molecule has 1 rings (SSSR count). The molecule has 6 heteroatoms. The van der Waals surface area contributed by atoms with Crippen LogP contribution in [0, 0.1) is 16.7 Å². The number of nitrogens with zero attached hydrogens (tertiary/aromatic N) is 1. The van der Waals surface area contributed by atoms with Crippen molar-refractivity contribution in [2.75, 3.05) is 5.75 Å². The van der Waals surface area contributed by atoms with E-state index in [4.69, 9.17) is 10.4 Å². The summed E-state index contributed by atoms with van der Waals surface area (Å²) < 4.78 is 23.1. The third kappa shape index (κ3) is 1.97. The first-order valence-electron chi connectivity index (χ1n) is 4.74. The molecule has 1 fully saturated rings. The van der Waals surface area contributed by atoms with Crippen molar-refractivity contribution < 1.29 is 18.3 Å². The minimum absolute atomic E-state index is 0.00120. The van der Waals surface area contributed by atoms with E-state index in [-0.39, 0.29) is 25.0 Å². The number of nitriles is 1. The fraction of sp³-hybridized carbons (Fsp3) is 0.778. The fourth-order valence-corrected chi connectivity index (χ4v) is 3.37. The maximum Gasteiger partial charge on any atom is 0.324 e. The van der Waals surface area contributed by atoms with Crippen molar-refractivity contribution in [3.05, 3.63) is 0 Å². The summed E-state index contributed by atoms with van der Waals surface area (Å²) >= 11 is 0. The second kappa shape index (κ2) is 3.81. The van der Waals surface area contributed by atoms with Crippen LogP contribution in [-0.2, 0) is 14.6 Å². The van der Waals surface area contributed by atoms with Gasteiger partial charge in [0.05, 0.1) is 11.3 Å². The van der Waals surface area contributed by atoms with Crippen molar-refractivity contribution in [2.24, 2.45) is 5.41 Å². The molecule has 15 heavy (non-hydrogen) atoms. The molecule has 0 unspecified atom stereocenters. The van der Waals surface area contributed by atoms with Crippen LogP contribution in [0.2, 0.25) is 0 Å². The van der Waals surface area contributed by atoms with E-state index in [9.17, 15) is 13.2 Å². The molecule has 0 aromatic rings. The van der Waals surface area contributed by atoms with Crippen LogP contribution < -0.4 is 0 Å². The second-order valence-electron chi connectivity index (χ2n) is 3.82. The van der Waals surface area contributed by atoms with Gasteiger partial charge in [0.15, 0.2) is 15.3 Å². The quantitative estimate of drug-likeness (QED) is 0.766. The lowest BCUT2D eigenvalue weighted by atomic mass is 9.88. The monoisotopic (exact) mass is 231 g/mol. The number of carboxylic acids is 1. The van der Waals surface area contributed by atoms with E-state index >= 15 is 0 Å². The molecule has 1 aliphatic carbocycles. The molecule has 1 N–H and O–H groups in total. The molecule has 1 aliphatic rings. The normalized spacial score (nSPS) is 31.1. The summed E-state index contributed by atoms with van der Waals surface area (Å²) in [7, 11) is -3.23. The molecule has 0 aliphatic heterocycles. The van der Waals surface area contributed by atoms with E-state index in [1.807, 2.05) is 0 Å². The van der Waals surface area contributed by atoms with Crippen LogP contribution in [0.25, 0.3) is 0 Å². The highest BCUT2D eigenvalue weighted by atomic mass is 32.2. The Kier molecular flexibility index (Phi) is 3.05. The van der Waals surface area contributed by atoms with Crippen LogP contribution in [0.4, 0.5) is 0 Å². The molecule has 0 aromatic carbocycles. The van der Waals surface area contributed by atoms with E-state index < -0.39 is 26.5 Å². The summed E-state index contributed by atoms with van der Waals surface area (Å²) in [6.45, 7) is 1.53. The Labute approximate surface area is 88.6 Å². The van der Waals surface area contributed by atoms with Gasteiger partial charge in [-0.05, 0) is 19.3 Å². The van der Waals surface area contributed by atoms with Gasteiger partial charge in [-0.25, -0.2) is 8.42 Å². The Morgan fingerprint density at radius 3 is 2.60 bits per heavy atom. The molecule has 5 nitrogen and oxygen atoms in total. The highest BCUT2D eigenvalue weighted by molar-refractivity contribution is 7.92. The predicted molar refractivity (Wildman–Crippen MR) is 52.8 cm³/mol. The van der Waals surface area contributed by atoms with Crippen molar-refractivity contribution in [2.45, 2.75) is 31.4 Å². The SMILES string of the molecule is CCS(=O)(=O)[C@@H]1CC[C@@](C#N)(C(=O)O)C1. The van der Waals surface area contributed by atoms with Gasteiger partial charge in [-0.15, -0.1) is 0 Å². The lowest BCUT2D eigenvalue weighted by Gasteiger charge is -2.14. The molecule has 0 heterocycles. The van der Waals surface area contributed by atoms with Gasteiger partial charge in [-0.3, -0.25) is 4.79 Å². The standard InChI is InChI=1S/C9H13NO4S/c1-2-15(13,14)7-3-4-9(5-7,6-10)8(11)12/h7H,2-5H2,1H3,(H,11,12)/t7-,9-/m1/s1. The van der Waals surface area contributed by atoms with Crippen molar-refractivity contribution in [1.82, 2.24) is 0 Å². The summed E-state index contributed by atoms with van der Waals surface area (Å²) in [6, 6.07) is 1.74. The lowest BCUT2D eigenvalue weighted by Crippen LogP contribution is -2.29. The minimum atomic E-state index is -3.23. The van der Waals surface area contributed by atoms with E-state index in [0.717, 1.165) is 0 Å². The average Bonchev–Trinajstić information content (AvgIpc) is 2.63. The Morgan fingerprint density at radius 1 is 1.67 bits per heavy atom. The lowest BCUT2D eigenvalue weighted by molar-refractivity contribution is -0.145. The average molecular weight is 231 g/mol. The third-order valence-corrected chi connectivity index (χ3v) is 5.23. The Morgan fingerprint density at radius 2 is 2.27 bits per heavy atom. The van der Waals surface area contributed by atoms with Gasteiger partial charge in [0.2, 0.25) is 0 Å². The van der Waals surface area contributed by atoms with Crippen LogP contribution in [0.1, 0.15) is 26.2 Å². The summed E-state index contributed by atoms with van der Waals surface area (Å²) in [5.74, 6) is -1.21. The fourth-order valence-electron chi connectivity index (χ4n) is 1.89. The van der Waals surface area contributed by atoms with Crippen LogP contribution >= 0.6 is 0 Å². The van der Waals surface area contributed by atoms with Gasteiger partial charge in [0.25, 0.3) is 0 Å². The van der Waals surface area contributed by atoms with Crippen LogP contribution in [-0.4, -0.2) is 30.5 Å². The largest absolute Gasteiger partial charge is 0.480 e. The number of hydrogen-bond acceptors (Lipinski definition) is 4. The number of carbonyl (C=O) groups is 1. The minimum Gasteiger partial charge on any atom is -0.480 e. The van der Waals surface area contributed by atoms with Gasteiger partial charge in [-0.2, -0.15) is 5.26 Å². The molecular weight excluding hydrogens is 218 g/mol. The Hall–Kier alpha value is -1.09. The molecule has 0 amide bonds. The summed E-state index contributed by atoms with van der Waals surface area (Å²) in [4.78, 5) is 10.9. The smallest absolute Gasteiger partial charge is 0.324 e. The van der Waals surface area contributed by atoms with Gasteiger partial charge in [0, 0.05) is 5.75 Å². The second-order valence-corrected chi connectivity index (χ2v) is 6.39. The molecule has 2 atom stereocenters. The van der Waals surface area contributed by atoms with Crippen LogP contribution in [0.15, 0.2) is 0 Å². The molecule has 0 bridgehead atoms. The summed E-state index contributed by atoms with van der Waals surface area (Å²) in [5, 5.41) is 17.1. The molecule has 0 radical (unpaired) electrons. The molecule has 1 saturated carbocycles. The molecule has 84 valence electrons. The van der Waals surface area contributed by atoms with Gasteiger partial charge in [0.1, 0.15) is 0 Å². The van der Waals surface area contributed by atoms with Crippen molar-refractivity contribution in [3.8, 4) is 6.07 Å². The zero-order valence-electron chi connectivity index (χ0n) is 8.43. The Bertz CT molecular complexity index is 408. The maximum atomic E-state index is 11.5. The first-order valence-corrected chi connectivity index (χ1v) is 6.46. The van der Waals surface area contributed by atoms with Crippen LogP contribution in [0.5, 0.6) is 0 Å². The topological polar surface area (TPSA) is 95.2 Å². The van der Waals surface area contributed by atoms with Crippen LogP contribution in [0.3, 0.4) is 0 Å². The van der Waals surface area contributed by atoms with Gasteiger partial charge >= 0.3 is 5.97 Å². The molecule has 0 saturated heterocycles. The van der Waals surface area contributed by atoms with Gasteiger partial charge < -0.3 is 5.11 Å². The molecule has 0 aromatic heterocycles. The highest BCUT2D eigenvalue weighted by Crippen LogP contribution is 2.41. The predicted octanol–water partition coefficient (Wildman–Crippen LogP) is 0.568. The van der Waals surface area contributed by atoms with Crippen molar-refractivity contribution in [1.29, 1.82) is 5.26 Å². The van der Waals surface area contributed by atoms with E-state index in [1.165, 1.54) is 6.92 Å². The molecule has 0 spiro atoms. The van der Waals surface area contributed by atoms with Crippen molar-refractivity contribution in [3.63, 3.8) is 0 Å². The van der Waals surface area contributed by atoms with E-state index in [0.29, 0.717) is 0 Å². The summed E-state index contributed by atoms with van der Waals surface area (Å²) in [6.07, 6.45) is 0.327. The number of sulfone groups is 1. The molecular formula is C9H13NO4S.